The maximum atomic E-state index is 13.3. The van der Waals surface area contributed by atoms with Crippen LogP contribution in [0.5, 0.6) is 5.75 Å². The first-order chi connectivity index (χ1) is 14.9. The summed E-state index contributed by atoms with van der Waals surface area (Å²) in [7, 11) is 0. The average Bonchev–Trinajstić information content (AvgIpc) is 2.98. The van der Waals surface area contributed by atoms with E-state index in [1.54, 1.807) is 18.2 Å². The smallest absolute Gasteiger partial charge is 0.325 e. The zero-order valence-electron chi connectivity index (χ0n) is 17.8. The van der Waals surface area contributed by atoms with Crippen molar-refractivity contribution in [2.75, 3.05) is 13.2 Å². The molecule has 2 atom stereocenters. The molecule has 2 aliphatic heterocycles. The molecular weight excluding hydrogens is 394 g/mol. The van der Waals surface area contributed by atoms with E-state index in [1.165, 1.54) is 0 Å². The molecule has 7 nitrogen and oxygen atoms in total. The van der Waals surface area contributed by atoms with Gasteiger partial charge in [0.1, 0.15) is 12.3 Å². The Bertz CT molecular complexity index is 991. The van der Waals surface area contributed by atoms with Crippen molar-refractivity contribution >= 4 is 17.8 Å². The lowest BCUT2D eigenvalue weighted by molar-refractivity contribution is -0.136. The van der Waals surface area contributed by atoms with Crippen LogP contribution in [0.1, 0.15) is 43.9 Å². The molecule has 2 heterocycles. The lowest BCUT2D eigenvalue weighted by Crippen LogP contribution is -2.48. The van der Waals surface area contributed by atoms with Gasteiger partial charge >= 0.3 is 6.03 Å². The number of amides is 4. The predicted molar refractivity (Wildman–Crippen MR) is 115 cm³/mol. The number of para-hydroxylation sites is 1. The molecule has 31 heavy (non-hydrogen) atoms. The van der Waals surface area contributed by atoms with E-state index in [1.807, 2.05) is 36.4 Å². The molecule has 2 aromatic rings. The van der Waals surface area contributed by atoms with Gasteiger partial charge in [-0.05, 0) is 24.0 Å². The molecule has 0 bridgehead atoms. The summed E-state index contributed by atoms with van der Waals surface area (Å²) in [4.78, 5) is 39.9. The fourth-order valence-electron chi connectivity index (χ4n) is 4.33. The maximum absolute atomic E-state index is 13.3. The minimum Gasteiger partial charge on any atom is -0.493 e. The Morgan fingerprint density at radius 3 is 2.58 bits per heavy atom. The van der Waals surface area contributed by atoms with Gasteiger partial charge in [0.15, 0.2) is 5.54 Å². The van der Waals surface area contributed by atoms with Crippen molar-refractivity contribution in [2.45, 2.75) is 38.3 Å². The molecule has 1 fully saturated rings. The SMILES string of the molecule is CC(C)C[C@@H](NC(=O)CN1C(=O)N[C@]2(CCOc3ccccc32)C1=O)c1ccccc1. The van der Waals surface area contributed by atoms with Crippen molar-refractivity contribution in [3.8, 4) is 5.75 Å². The van der Waals surface area contributed by atoms with Crippen LogP contribution in [0.4, 0.5) is 4.79 Å². The molecule has 162 valence electrons. The molecular formula is C24H27N3O4. The molecule has 0 unspecified atom stereocenters. The number of carbonyl (C=O) groups is 3. The summed E-state index contributed by atoms with van der Waals surface area (Å²) in [6.45, 7) is 4.17. The first-order valence-corrected chi connectivity index (χ1v) is 10.6. The van der Waals surface area contributed by atoms with Gasteiger partial charge in [-0.15, -0.1) is 0 Å². The lowest BCUT2D eigenvalue weighted by atomic mass is 9.84. The number of imide groups is 1. The van der Waals surface area contributed by atoms with Crippen molar-refractivity contribution in [2.24, 2.45) is 5.92 Å². The summed E-state index contributed by atoms with van der Waals surface area (Å²) < 4.78 is 5.65. The predicted octanol–water partition coefficient (Wildman–Crippen LogP) is 3.12. The molecule has 0 radical (unpaired) electrons. The monoisotopic (exact) mass is 421 g/mol. The number of fused-ring (bicyclic) bond motifs is 2. The summed E-state index contributed by atoms with van der Waals surface area (Å²) in [5.41, 5.74) is 0.448. The van der Waals surface area contributed by atoms with Crippen LogP contribution < -0.4 is 15.4 Å². The number of rotatable bonds is 6. The van der Waals surface area contributed by atoms with E-state index in [-0.39, 0.29) is 18.5 Å². The van der Waals surface area contributed by atoms with Crippen molar-refractivity contribution in [3.05, 3.63) is 65.7 Å². The molecule has 2 N–H and O–H groups in total. The van der Waals surface area contributed by atoms with Gasteiger partial charge in [0.2, 0.25) is 5.91 Å². The van der Waals surface area contributed by atoms with Crippen LogP contribution in [0.15, 0.2) is 54.6 Å². The summed E-state index contributed by atoms with van der Waals surface area (Å²) in [6.07, 6.45) is 1.08. The van der Waals surface area contributed by atoms with Crippen LogP contribution in [0.2, 0.25) is 0 Å². The Morgan fingerprint density at radius 1 is 1.13 bits per heavy atom. The second kappa shape index (κ2) is 8.41. The number of hydrogen-bond acceptors (Lipinski definition) is 4. The van der Waals surface area contributed by atoms with Crippen LogP contribution in [0.25, 0.3) is 0 Å². The third-order valence-electron chi connectivity index (χ3n) is 5.80. The van der Waals surface area contributed by atoms with Gasteiger partial charge in [-0.3, -0.25) is 14.5 Å². The Balaban J connectivity index is 1.51. The van der Waals surface area contributed by atoms with Crippen LogP contribution >= 0.6 is 0 Å². The van der Waals surface area contributed by atoms with Crippen LogP contribution in [-0.4, -0.2) is 35.9 Å². The van der Waals surface area contributed by atoms with E-state index in [0.29, 0.717) is 30.3 Å². The van der Waals surface area contributed by atoms with Gasteiger partial charge in [-0.25, -0.2) is 4.79 Å². The van der Waals surface area contributed by atoms with Gasteiger partial charge in [-0.1, -0.05) is 62.4 Å². The minimum atomic E-state index is -1.18. The second-order valence-electron chi connectivity index (χ2n) is 8.48. The van der Waals surface area contributed by atoms with E-state index in [9.17, 15) is 14.4 Å². The zero-order valence-corrected chi connectivity index (χ0v) is 17.8. The van der Waals surface area contributed by atoms with Crippen molar-refractivity contribution in [1.29, 1.82) is 0 Å². The van der Waals surface area contributed by atoms with Gasteiger partial charge < -0.3 is 15.4 Å². The number of benzene rings is 2. The largest absolute Gasteiger partial charge is 0.493 e. The van der Waals surface area contributed by atoms with Gasteiger partial charge in [0.25, 0.3) is 5.91 Å². The Kier molecular flexibility index (Phi) is 5.67. The van der Waals surface area contributed by atoms with E-state index < -0.39 is 17.5 Å². The highest BCUT2D eigenvalue weighted by Crippen LogP contribution is 2.40. The zero-order chi connectivity index (χ0) is 22.0. The number of urea groups is 1. The Hall–Kier alpha value is -3.35. The Labute approximate surface area is 181 Å². The van der Waals surface area contributed by atoms with Gasteiger partial charge in [-0.2, -0.15) is 0 Å². The quantitative estimate of drug-likeness (QED) is 0.702. The number of nitrogens with zero attached hydrogens (tertiary/aromatic N) is 1. The molecule has 4 rings (SSSR count). The van der Waals surface area contributed by atoms with Gasteiger partial charge in [0.05, 0.1) is 12.6 Å². The minimum absolute atomic E-state index is 0.188. The summed E-state index contributed by atoms with van der Waals surface area (Å²) in [6, 6.07) is 16.2. The van der Waals surface area contributed by atoms with Crippen LogP contribution in [-0.2, 0) is 15.1 Å². The molecule has 7 heteroatoms. The molecule has 4 amide bonds. The molecule has 2 aliphatic rings. The molecule has 0 aromatic heterocycles. The second-order valence-corrected chi connectivity index (χ2v) is 8.48. The van der Waals surface area contributed by atoms with Crippen molar-refractivity contribution in [1.82, 2.24) is 15.5 Å². The fraction of sp³-hybridized carbons (Fsp3) is 0.375. The number of hydrogen-bond donors (Lipinski definition) is 2. The van der Waals surface area contributed by atoms with Gasteiger partial charge in [0, 0.05) is 12.0 Å². The van der Waals surface area contributed by atoms with E-state index in [4.69, 9.17) is 4.74 Å². The topological polar surface area (TPSA) is 87.7 Å². The number of ether oxygens (including phenoxy) is 1. The van der Waals surface area contributed by atoms with Crippen LogP contribution in [0, 0.1) is 5.92 Å². The molecule has 0 aliphatic carbocycles. The summed E-state index contributed by atoms with van der Waals surface area (Å²) >= 11 is 0. The third-order valence-corrected chi connectivity index (χ3v) is 5.80. The average molecular weight is 421 g/mol. The first kappa shape index (κ1) is 20.9. The highest BCUT2D eigenvalue weighted by atomic mass is 16.5. The van der Waals surface area contributed by atoms with Crippen molar-refractivity contribution in [3.63, 3.8) is 0 Å². The third kappa shape index (κ3) is 4.00. The summed E-state index contributed by atoms with van der Waals surface area (Å²) in [5.74, 6) is 0.165. The standard InChI is InChI=1S/C24H27N3O4/c1-16(2)14-19(17-8-4-3-5-9-17)25-21(28)15-27-22(29)24(26-23(27)30)12-13-31-20-11-7-6-10-18(20)24/h3-11,16,19H,12-15H2,1-2H3,(H,25,28)(H,26,30)/t19-,24+/m1/s1. The lowest BCUT2D eigenvalue weighted by Gasteiger charge is -2.33. The van der Waals surface area contributed by atoms with E-state index in [2.05, 4.69) is 24.5 Å². The highest BCUT2D eigenvalue weighted by molar-refractivity contribution is 6.09. The normalized spacial score (nSPS) is 20.9. The van der Waals surface area contributed by atoms with E-state index >= 15 is 0 Å². The Morgan fingerprint density at radius 2 is 1.84 bits per heavy atom. The molecule has 1 saturated heterocycles. The maximum Gasteiger partial charge on any atom is 0.325 e. The summed E-state index contributed by atoms with van der Waals surface area (Å²) in [5, 5.41) is 5.83. The van der Waals surface area contributed by atoms with Crippen molar-refractivity contribution < 1.29 is 19.1 Å². The molecule has 2 aromatic carbocycles. The first-order valence-electron chi connectivity index (χ1n) is 10.6. The highest BCUT2D eigenvalue weighted by Gasteiger charge is 2.55. The van der Waals surface area contributed by atoms with Crippen LogP contribution in [0.3, 0.4) is 0 Å². The number of nitrogens with one attached hydrogen (secondary N) is 2. The van der Waals surface area contributed by atoms with E-state index in [0.717, 1.165) is 16.9 Å². The molecule has 1 spiro atoms. The fourth-order valence-corrected chi connectivity index (χ4v) is 4.33. The molecule has 0 saturated carbocycles. The number of carbonyl (C=O) groups excluding carboxylic acids is 3.